The first-order valence-electron chi connectivity index (χ1n) is 10.5. The van der Waals surface area contributed by atoms with E-state index in [-0.39, 0.29) is 18.7 Å². The van der Waals surface area contributed by atoms with E-state index >= 15 is 0 Å². The zero-order valence-corrected chi connectivity index (χ0v) is 19.0. The first-order valence-corrected chi connectivity index (χ1v) is 10.5. The number of nitrogens with one attached hydrogen (secondary N) is 1. The summed E-state index contributed by atoms with van der Waals surface area (Å²) in [5.41, 5.74) is 1.41. The molecular weight excluding hydrogens is 446 g/mol. The Morgan fingerprint density at radius 3 is 2.44 bits per heavy atom. The van der Waals surface area contributed by atoms with Gasteiger partial charge in [-0.25, -0.2) is 4.79 Å². The average Bonchev–Trinajstić information content (AvgIpc) is 3.00. The molecule has 0 bridgehead atoms. The summed E-state index contributed by atoms with van der Waals surface area (Å²) < 4.78 is 29.1. The van der Waals surface area contributed by atoms with Crippen molar-refractivity contribution in [3.8, 4) is 11.8 Å². The second kappa shape index (κ2) is 9.87. The van der Waals surface area contributed by atoms with Gasteiger partial charge in [0.05, 0.1) is 12.5 Å². The average molecular weight is 470 g/mol. The van der Waals surface area contributed by atoms with Gasteiger partial charge in [0.1, 0.15) is 17.8 Å². The number of imide groups is 1. The Morgan fingerprint density at radius 2 is 1.85 bits per heavy atom. The smallest absolute Gasteiger partial charge is 0.387 e. The largest absolute Gasteiger partial charge is 0.435 e. The number of halogens is 2. The molecule has 10 heteroatoms. The van der Waals surface area contributed by atoms with Gasteiger partial charge in [0.2, 0.25) is 5.91 Å². The fourth-order valence-corrected chi connectivity index (χ4v) is 3.68. The van der Waals surface area contributed by atoms with Crippen LogP contribution >= 0.6 is 0 Å². The lowest BCUT2D eigenvalue weighted by molar-refractivity contribution is -0.134. The molecule has 1 aliphatic heterocycles. The van der Waals surface area contributed by atoms with E-state index in [9.17, 15) is 23.2 Å². The van der Waals surface area contributed by atoms with Gasteiger partial charge in [-0.1, -0.05) is 18.2 Å². The van der Waals surface area contributed by atoms with E-state index in [1.54, 1.807) is 6.07 Å². The molecule has 1 N–H and O–H groups in total. The molecule has 34 heavy (non-hydrogen) atoms. The topological polar surface area (TPSA) is 103 Å². The van der Waals surface area contributed by atoms with Crippen LogP contribution in [-0.4, -0.2) is 42.4 Å². The van der Waals surface area contributed by atoms with Crippen LogP contribution in [0.5, 0.6) is 5.75 Å². The van der Waals surface area contributed by atoms with Gasteiger partial charge in [-0.2, -0.15) is 14.0 Å². The summed E-state index contributed by atoms with van der Waals surface area (Å²) in [6, 6.07) is 12.0. The van der Waals surface area contributed by atoms with Crippen LogP contribution in [0.3, 0.4) is 0 Å². The molecule has 0 aromatic heterocycles. The quantitative estimate of drug-likeness (QED) is 0.594. The van der Waals surface area contributed by atoms with Crippen molar-refractivity contribution in [1.29, 1.82) is 5.26 Å². The number of carbonyl (C=O) groups excluding carboxylic acids is 3. The van der Waals surface area contributed by atoms with Crippen LogP contribution in [0.15, 0.2) is 42.5 Å². The number of urea groups is 1. The van der Waals surface area contributed by atoms with Gasteiger partial charge >= 0.3 is 12.6 Å². The maximum atomic E-state index is 13.2. The lowest BCUT2D eigenvalue weighted by Crippen LogP contribution is -2.45. The Hall–Kier alpha value is -4.00. The van der Waals surface area contributed by atoms with Crippen LogP contribution in [0.1, 0.15) is 30.0 Å². The molecule has 0 radical (unpaired) electrons. The molecule has 0 aliphatic carbocycles. The first-order chi connectivity index (χ1) is 16.1. The van der Waals surface area contributed by atoms with Gasteiger partial charge in [-0.3, -0.25) is 14.5 Å². The highest BCUT2D eigenvalue weighted by Gasteiger charge is 2.49. The van der Waals surface area contributed by atoms with Gasteiger partial charge in [-0.15, -0.1) is 0 Å². The van der Waals surface area contributed by atoms with Crippen LogP contribution < -0.4 is 15.0 Å². The van der Waals surface area contributed by atoms with E-state index in [1.807, 2.05) is 32.0 Å². The van der Waals surface area contributed by atoms with E-state index in [0.29, 0.717) is 11.3 Å². The van der Waals surface area contributed by atoms with E-state index < -0.39 is 36.5 Å². The van der Waals surface area contributed by atoms with Crippen molar-refractivity contribution in [2.24, 2.45) is 0 Å². The van der Waals surface area contributed by atoms with Crippen molar-refractivity contribution in [3.63, 3.8) is 0 Å². The molecule has 1 fully saturated rings. The molecule has 1 saturated heterocycles. The Kier molecular flexibility index (Phi) is 7.15. The normalized spacial score (nSPS) is 17.5. The van der Waals surface area contributed by atoms with E-state index in [1.165, 1.54) is 36.1 Å². The number of nitrogens with zero attached hydrogens (tertiary/aromatic N) is 3. The maximum absolute atomic E-state index is 13.2. The second-order valence-electron chi connectivity index (χ2n) is 8.07. The van der Waals surface area contributed by atoms with Crippen molar-refractivity contribution >= 4 is 23.5 Å². The first kappa shape index (κ1) is 24.6. The second-order valence-corrected chi connectivity index (χ2v) is 8.07. The Bertz CT molecular complexity index is 1150. The van der Waals surface area contributed by atoms with E-state index in [2.05, 4.69) is 10.1 Å². The third-order valence-electron chi connectivity index (χ3n) is 5.78. The van der Waals surface area contributed by atoms with Gasteiger partial charge in [0.15, 0.2) is 0 Å². The van der Waals surface area contributed by atoms with E-state index in [0.717, 1.165) is 16.0 Å². The molecule has 1 unspecified atom stereocenters. The van der Waals surface area contributed by atoms with Crippen molar-refractivity contribution in [3.05, 3.63) is 59.2 Å². The highest BCUT2D eigenvalue weighted by atomic mass is 19.3. The van der Waals surface area contributed by atoms with Gasteiger partial charge < -0.3 is 15.0 Å². The zero-order chi connectivity index (χ0) is 25.0. The summed E-state index contributed by atoms with van der Waals surface area (Å²) in [6.07, 6.45) is 0.0730. The molecule has 178 valence electrons. The maximum Gasteiger partial charge on any atom is 0.387 e. The number of anilines is 1. The predicted molar refractivity (Wildman–Crippen MR) is 119 cm³/mol. The number of rotatable bonds is 8. The summed E-state index contributed by atoms with van der Waals surface area (Å²) in [7, 11) is 0. The standard InChI is InChI=1S/C24H24F2N4O4/c1-15-5-8-18(13-16(15)2)29(12-4-11-27)20(31)14-30-21(32)24(3,28-23(30)33)17-6-9-19(10-7-17)34-22(25)26/h5-10,13,22H,4,12,14H2,1-3H3,(H,28,33). The number of ether oxygens (including phenoxy) is 1. The van der Waals surface area contributed by atoms with Crippen molar-refractivity contribution < 1.29 is 27.9 Å². The van der Waals surface area contributed by atoms with Crippen molar-refractivity contribution in [2.75, 3.05) is 18.0 Å². The Labute approximate surface area is 195 Å². The number of alkyl halides is 2. The van der Waals surface area contributed by atoms with E-state index in [4.69, 9.17) is 5.26 Å². The minimum Gasteiger partial charge on any atom is -0.435 e. The molecule has 2 aromatic rings. The lowest BCUT2D eigenvalue weighted by atomic mass is 9.92. The summed E-state index contributed by atoms with van der Waals surface area (Å²) in [6.45, 7) is 1.89. The highest BCUT2D eigenvalue weighted by Crippen LogP contribution is 2.30. The molecule has 3 rings (SSSR count). The van der Waals surface area contributed by atoms with Gasteiger partial charge in [0, 0.05) is 12.2 Å². The molecule has 1 aliphatic rings. The number of aryl methyl sites for hydroxylation is 2. The summed E-state index contributed by atoms with van der Waals surface area (Å²) >= 11 is 0. The fourth-order valence-electron chi connectivity index (χ4n) is 3.68. The number of benzene rings is 2. The van der Waals surface area contributed by atoms with Crippen LogP contribution in [0, 0.1) is 25.2 Å². The highest BCUT2D eigenvalue weighted by molar-refractivity contribution is 6.10. The molecule has 0 spiro atoms. The van der Waals surface area contributed by atoms with Crippen molar-refractivity contribution in [1.82, 2.24) is 10.2 Å². The van der Waals surface area contributed by atoms with Crippen LogP contribution in [-0.2, 0) is 15.1 Å². The molecule has 1 heterocycles. The monoisotopic (exact) mass is 470 g/mol. The number of hydrogen-bond acceptors (Lipinski definition) is 5. The van der Waals surface area contributed by atoms with Crippen LogP contribution in [0.25, 0.3) is 0 Å². The SMILES string of the molecule is Cc1ccc(N(CCC#N)C(=O)CN2C(=O)NC(C)(c3ccc(OC(F)F)cc3)C2=O)cc1C. The van der Waals surface area contributed by atoms with Crippen LogP contribution in [0.4, 0.5) is 19.3 Å². The van der Waals surface area contributed by atoms with Crippen LogP contribution in [0.2, 0.25) is 0 Å². The van der Waals surface area contributed by atoms with Crippen molar-refractivity contribution in [2.45, 2.75) is 39.3 Å². The number of hydrogen-bond donors (Lipinski definition) is 1. The third kappa shape index (κ3) is 4.98. The summed E-state index contributed by atoms with van der Waals surface area (Å²) in [4.78, 5) is 41.1. The predicted octanol–water partition coefficient (Wildman–Crippen LogP) is 3.62. The molecule has 8 nitrogen and oxygen atoms in total. The molecule has 4 amide bonds. The number of carbonyl (C=O) groups is 3. The summed E-state index contributed by atoms with van der Waals surface area (Å²) in [5.74, 6) is -1.27. The third-order valence-corrected chi connectivity index (χ3v) is 5.78. The number of amides is 4. The molecule has 2 aromatic carbocycles. The number of nitriles is 1. The minimum absolute atomic E-state index is 0.0730. The summed E-state index contributed by atoms with van der Waals surface area (Å²) in [5, 5.41) is 11.6. The minimum atomic E-state index is -2.99. The zero-order valence-electron chi connectivity index (χ0n) is 19.0. The van der Waals surface area contributed by atoms with Gasteiger partial charge in [-0.05, 0) is 61.7 Å². The Balaban J connectivity index is 1.81. The Morgan fingerprint density at radius 1 is 1.18 bits per heavy atom. The fraction of sp³-hybridized carbons (Fsp3) is 0.333. The molecule has 0 saturated carbocycles. The lowest BCUT2D eigenvalue weighted by Gasteiger charge is -2.25. The van der Waals surface area contributed by atoms with Gasteiger partial charge in [0.25, 0.3) is 5.91 Å². The molecular formula is C24H24F2N4O4. The molecule has 1 atom stereocenters.